The van der Waals surface area contributed by atoms with Crippen LogP contribution in [0.25, 0.3) is 0 Å². The first kappa shape index (κ1) is 18.0. The van der Waals surface area contributed by atoms with Crippen LogP contribution in [-0.2, 0) is 37.4 Å². The van der Waals surface area contributed by atoms with Crippen LogP contribution in [-0.4, -0.2) is 29.1 Å². The largest absolute Gasteiger partial charge is 0.365 e. The van der Waals surface area contributed by atoms with Gasteiger partial charge in [0.1, 0.15) is 0 Å². The van der Waals surface area contributed by atoms with Crippen molar-refractivity contribution in [2.24, 2.45) is 5.92 Å². The molecule has 0 amide bonds. The maximum absolute atomic E-state index is 10.6. The van der Waals surface area contributed by atoms with E-state index in [9.17, 15) is 5.11 Å². The molecule has 1 aliphatic rings. The average Bonchev–Trinajstić information content (AvgIpc) is 2.26. The maximum Gasteiger partial charge on any atom is 0.171 e. The van der Waals surface area contributed by atoms with Gasteiger partial charge in [0.25, 0.3) is 0 Å². The Bertz CT molecular complexity index is 242. The van der Waals surface area contributed by atoms with E-state index in [1.807, 2.05) is 0 Å². The number of hydrogen-bond acceptors (Lipinski definition) is 3. The van der Waals surface area contributed by atoms with E-state index in [4.69, 9.17) is 4.74 Å². The molecule has 0 aromatic carbocycles. The second kappa shape index (κ2) is 5.96. The van der Waals surface area contributed by atoms with Crippen LogP contribution >= 0.6 is 0 Å². The van der Waals surface area contributed by atoms with Gasteiger partial charge in [-0.2, -0.15) is 0 Å². The van der Waals surface area contributed by atoms with Gasteiger partial charge >= 0.3 is 0 Å². The van der Waals surface area contributed by atoms with Crippen LogP contribution in [0.4, 0.5) is 0 Å². The molecule has 4 heteroatoms. The summed E-state index contributed by atoms with van der Waals surface area (Å²) in [4.78, 5) is 0. The van der Waals surface area contributed by atoms with E-state index >= 15 is 0 Å². The van der Waals surface area contributed by atoms with E-state index in [-0.39, 0.29) is 49.7 Å². The fraction of sp³-hybridized carbons (Fsp3) is 1.00. The predicted molar refractivity (Wildman–Crippen MR) is 66.3 cm³/mol. The molecule has 99 valence electrons. The number of ether oxygens (including phenoxy) is 1. The van der Waals surface area contributed by atoms with Crippen molar-refractivity contribution in [3.05, 3.63) is 0 Å². The Hall–Kier alpha value is 0.984. The number of piperidine rings is 1. The summed E-state index contributed by atoms with van der Waals surface area (Å²) >= 11 is 0. The third-order valence-corrected chi connectivity index (χ3v) is 4.73. The fourth-order valence-electron chi connectivity index (χ4n) is 2.91. The standard InChI is InChI=1S/C13H27NO2.Y/c1-7-11(4)9-13(15,16-6)10(3)12(5,8-2)14-11;/h10,14-15H,7-9H2,1-6H3;. The zero-order valence-corrected chi connectivity index (χ0v) is 15.0. The molecule has 4 atom stereocenters. The molecular formula is C13H27NO2Y. The Morgan fingerprint density at radius 2 is 1.82 bits per heavy atom. The van der Waals surface area contributed by atoms with Gasteiger partial charge in [0, 0.05) is 63.2 Å². The first-order valence-corrected chi connectivity index (χ1v) is 6.32. The van der Waals surface area contributed by atoms with Crippen LogP contribution in [0.5, 0.6) is 0 Å². The molecule has 1 radical (unpaired) electrons. The molecule has 0 spiro atoms. The van der Waals surface area contributed by atoms with E-state index in [1.54, 1.807) is 7.11 Å². The van der Waals surface area contributed by atoms with E-state index < -0.39 is 5.79 Å². The van der Waals surface area contributed by atoms with Gasteiger partial charge in [-0.15, -0.1) is 0 Å². The molecule has 4 unspecified atom stereocenters. The minimum Gasteiger partial charge on any atom is -0.365 e. The van der Waals surface area contributed by atoms with Gasteiger partial charge in [-0.25, -0.2) is 0 Å². The normalized spacial score (nSPS) is 46.4. The van der Waals surface area contributed by atoms with Crippen LogP contribution in [0.3, 0.4) is 0 Å². The van der Waals surface area contributed by atoms with E-state index in [2.05, 4.69) is 39.9 Å². The van der Waals surface area contributed by atoms with Crippen LogP contribution in [0.2, 0.25) is 0 Å². The topological polar surface area (TPSA) is 41.5 Å². The third kappa shape index (κ3) is 3.30. The third-order valence-electron chi connectivity index (χ3n) is 4.73. The molecular weight excluding hydrogens is 291 g/mol. The molecule has 1 heterocycles. The van der Waals surface area contributed by atoms with Gasteiger partial charge in [0.15, 0.2) is 5.79 Å². The van der Waals surface area contributed by atoms with Crippen molar-refractivity contribution in [3.63, 3.8) is 0 Å². The van der Waals surface area contributed by atoms with Crippen molar-refractivity contribution in [2.75, 3.05) is 7.11 Å². The molecule has 3 nitrogen and oxygen atoms in total. The summed E-state index contributed by atoms with van der Waals surface area (Å²) in [6.07, 6.45) is 2.61. The minimum absolute atomic E-state index is 0. The Morgan fingerprint density at radius 1 is 1.29 bits per heavy atom. The summed E-state index contributed by atoms with van der Waals surface area (Å²) in [5.74, 6) is -0.935. The molecule has 0 aliphatic carbocycles. The van der Waals surface area contributed by atoms with Gasteiger partial charge in [0.05, 0.1) is 0 Å². The molecule has 2 N–H and O–H groups in total. The molecule has 1 aliphatic heterocycles. The van der Waals surface area contributed by atoms with Gasteiger partial charge in [-0.3, -0.25) is 0 Å². The van der Waals surface area contributed by atoms with Crippen LogP contribution in [0.15, 0.2) is 0 Å². The van der Waals surface area contributed by atoms with E-state index in [1.165, 1.54) is 0 Å². The fourth-order valence-corrected chi connectivity index (χ4v) is 2.91. The first-order valence-electron chi connectivity index (χ1n) is 6.32. The van der Waals surface area contributed by atoms with Crippen LogP contribution < -0.4 is 5.32 Å². The molecule has 0 aromatic heterocycles. The van der Waals surface area contributed by atoms with Crippen molar-refractivity contribution >= 4 is 0 Å². The molecule has 1 rings (SSSR count). The summed E-state index contributed by atoms with van der Waals surface area (Å²) in [6, 6.07) is 0. The van der Waals surface area contributed by atoms with Crippen LogP contribution in [0, 0.1) is 5.92 Å². The predicted octanol–water partition coefficient (Wildman–Crippen LogP) is 2.29. The Labute approximate surface area is 131 Å². The summed E-state index contributed by atoms with van der Waals surface area (Å²) in [6.45, 7) is 10.7. The number of rotatable bonds is 3. The number of nitrogens with one attached hydrogen (secondary N) is 1. The number of hydrogen-bond donors (Lipinski definition) is 2. The quantitative estimate of drug-likeness (QED) is 0.785. The Kier molecular flexibility index (Phi) is 6.30. The molecule has 1 fully saturated rings. The maximum atomic E-state index is 10.6. The summed E-state index contributed by atoms with van der Waals surface area (Å²) in [5, 5.41) is 14.3. The summed E-state index contributed by atoms with van der Waals surface area (Å²) in [7, 11) is 1.61. The van der Waals surface area contributed by atoms with E-state index in [0.29, 0.717) is 6.42 Å². The van der Waals surface area contributed by atoms with Crippen molar-refractivity contribution in [3.8, 4) is 0 Å². The molecule has 17 heavy (non-hydrogen) atoms. The van der Waals surface area contributed by atoms with Crippen molar-refractivity contribution < 1.29 is 42.6 Å². The van der Waals surface area contributed by atoms with Gasteiger partial charge in [0.2, 0.25) is 0 Å². The Balaban J connectivity index is 0.00000256. The summed E-state index contributed by atoms with van der Waals surface area (Å²) in [5.41, 5.74) is -0.129. The second-order valence-electron chi connectivity index (χ2n) is 5.76. The number of methoxy groups -OCH3 is 1. The molecule has 0 saturated carbocycles. The van der Waals surface area contributed by atoms with Crippen molar-refractivity contribution in [1.29, 1.82) is 0 Å². The van der Waals surface area contributed by atoms with Crippen LogP contribution in [0.1, 0.15) is 53.9 Å². The zero-order chi connectivity index (χ0) is 12.6. The van der Waals surface area contributed by atoms with Gasteiger partial charge in [-0.05, 0) is 26.7 Å². The minimum atomic E-state index is -1.01. The average molecular weight is 318 g/mol. The SMILES string of the molecule is CCC1(C)CC(O)(OC)C(C)C(C)(CC)N1.[Y]. The van der Waals surface area contributed by atoms with Crippen molar-refractivity contribution in [1.82, 2.24) is 5.32 Å². The molecule has 1 saturated heterocycles. The monoisotopic (exact) mass is 318 g/mol. The number of aliphatic hydroxyl groups is 1. The molecule has 0 bridgehead atoms. The first-order chi connectivity index (χ1) is 7.25. The van der Waals surface area contributed by atoms with Gasteiger partial charge < -0.3 is 15.2 Å². The second-order valence-corrected chi connectivity index (χ2v) is 5.76. The Morgan fingerprint density at radius 3 is 2.18 bits per heavy atom. The smallest absolute Gasteiger partial charge is 0.171 e. The van der Waals surface area contributed by atoms with E-state index in [0.717, 1.165) is 12.8 Å². The van der Waals surface area contributed by atoms with Crippen molar-refractivity contribution in [2.45, 2.75) is 70.7 Å². The van der Waals surface area contributed by atoms with Gasteiger partial charge in [-0.1, -0.05) is 20.8 Å². The zero-order valence-electron chi connectivity index (χ0n) is 12.1. The summed E-state index contributed by atoms with van der Waals surface area (Å²) < 4.78 is 5.40. The molecule has 0 aromatic rings.